The van der Waals surface area contributed by atoms with Crippen LogP contribution in [0.3, 0.4) is 0 Å². The Labute approximate surface area is 120 Å². The van der Waals surface area contributed by atoms with Gasteiger partial charge in [-0.3, -0.25) is 0 Å². The summed E-state index contributed by atoms with van der Waals surface area (Å²) in [4.78, 5) is 11.3. The number of hydrogen-bond donors (Lipinski definition) is 1. The fourth-order valence-electron chi connectivity index (χ4n) is 2.95. The van der Waals surface area contributed by atoms with Gasteiger partial charge in [-0.15, -0.1) is 0 Å². The molecule has 1 N–H and O–H groups in total. The first-order chi connectivity index (χ1) is 9.51. The minimum Gasteiger partial charge on any atom is -0.478 e. The third-order valence-electron chi connectivity index (χ3n) is 4.20. The number of aromatic nitrogens is 1. The number of carboxylic acids is 1. The van der Waals surface area contributed by atoms with Crippen molar-refractivity contribution in [2.75, 3.05) is 0 Å². The Morgan fingerprint density at radius 1 is 1.30 bits per heavy atom. The molecule has 0 saturated heterocycles. The van der Waals surface area contributed by atoms with E-state index in [0.717, 1.165) is 36.6 Å². The monoisotopic (exact) mass is 273 g/mol. The molecule has 1 heterocycles. The predicted octanol–water partition coefficient (Wildman–Crippen LogP) is 4.09. The van der Waals surface area contributed by atoms with E-state index >= 15 is 0 Å². The SMILES string of the molecule is CCCCc1c(C)n(C)c2c(CC)cc(C(=O)O)cc12. The quantitative estimate of drug-likeness (QED) is 0.891. The van der Waals surface area contributed by atoms with E-state index in [1.54, 1.807) is 0 Å². The summed E-state index contributed by atoms with van der Waals surface area (Å²) in [6.07, 6.45) is 4.15. The third kappa shape index (κ3) is 2.33. The lowest BCUT2D eigenvalue weighted by Crippen LogP contribution is -2.00. The molecule has 3 heteroatoms. The number of hydrogen-bond acceptors (Lipinski definition) is 1. The number of rotatable bonds is 5. The summed E-state index contributed by atoms with van der Waals surface area (Å²) in [5.74, 6) is -0.843. The van der Waals surface area contributed by atoms with E-state index in [4.69, 9.17) is 0 Å². The maximum atomic E-state index is 11.3. The molecule has 0 amide bonds. The van der Waals surface area contributed by atoms with E-state index in [1.165, 1.54) is 16.8 Å². The molecule has 0 fully saturated rings. The van der Waals surface area contributed by atoms with Crippen LogP contribution in [0.15, 0.2) is 12.1 Å². The zero-order valence-electron chi connectivity index (χ0n) is 12.8. The van der Waals surface area contributed by atoms with Gasteiger partial charge < -0.3 is 9.67 Å². The maximum Gasteiger partial charge on any atom is 0.335 e. The van der Waals surface area contributed by atoms with E-state index < -0.39 is 5.97 Å². The molecular formula is C17H23NO2. The Balaban J connectivity index is 2.76. The predicted molar refractivity (Wildman–Crippen MR) is 82.6 cm³/mol. The first-order valence-corrected chi connectivity index (χ1v) is 7.35. The van der Waals surface area contributed by atoms with E-state index in [2.05, 4.69) is 32.4 Å². The smallest absolute Gasteiger partial charge is 0.335 e. The fraction of sp³-hybridized carbons (Fsp3) is 0.471. The van der Waals surface area contributed by atoms with Crippen LogP contribution >= 0.6 is 0 Å². The van der Waals surface area contributed by atoms with Gasteiger partial charge in [-0.1, -0.05) is 20.3 Å². The molecule has 1 aromatic carbocycles. The van der Waals surface area contributed by atoms with Crippen molar-refractivity contribution in [3.63, 3.8) is 0 Å². The van der Waals surface area contributed by atoms with Crippen LogP contribution in [0.5, 0.6) is 0 Å². The van der Waals surface area contributed by atoms with Gasteiger partial charge in [-0.2, -0.15) is 0 Å². The number of carboxylic acid groups (broad SMARTS) is 1. The third-order valence-corrected chi connectivity index (χ3v) is 4.20. The van der Waals surface area contributed by atoms with Crippen LogP contribution in [0.4, 0.5) is 0 Å². The Morgan fingerprint density at radius 2 is 2.00 bits per heavy atom. The second-order valence-electron chi connectivity index (χ2n) is 5.42. The van der Waals surface area contributed by atoms with Gasteiger partial charge in [0.25, 0.3) is 0 Å². The highest BCUT2D eigenvalue weighted by Crippen LogP contribution is 2.30. The Hall–Kier alpha value is -1.77. The van der Waals surface area contributed by atoms with Gasteiger partial charge in [0.2, 0.25) is 0 Å². The Kier molecular flexibility index (Phi) is 4.17. The van der Waals surface area contributed by atoms with Crippen molar-refractivity contribution >= 4 is 16.9 Å². The van der Waals surface area contributed by atoms with Crippen molar-refractivity contribution in [1.29, 1.82) is 0 Å². The van der Waals surface area contributed by atoms with Gasteiger partial charge in [-0.25, -0.2) is 4.79 Å². The molecule has 0 saturated carbocycles. The first-order valence-electron chi connectivity index (χ1n) is 7.35. The molecule has 0 spiro atoms. The number of nitrogens with zero attached hydrogens (tertiary/aromatic N) is 1. The van der Waals surface area contributed by atoms with E-state index in [1.807, 2.05) is 12.1 Å². The van der Waals surface area contributed by atoms with Crippen molar-refractivity contribution in [3.8, 4) is 0 Å². The van der Waals surface area contributed by atoms with Crippen molar-refractivity contribution in [3.05, 3.63) is 34.5 Å². The van der Waals surface area contributed by atoms with Crippen LogP contribution in [-0.2, 0) is 19.9 Å². The highest BCUT2D eigenvalue weighted by molar-refractivity contribution is 5.97. The lowest BCUT2D eigenvalue weighted by molar-refractivity contribution is 0.0697. The molecule has 0 bridgehead atoms. The molecule has 0 aliphatic carbocycles. The molecule has 0 aliphatic rings. The summed E-state index contributed by atoms with van der Waals surface area (Å²) in [6, 6.07) is 3.66. The Bertz CT molecular complexity index is 653. The highest BCUT2D eigenvalue weighted by Gasteiger charge is 2.17. The molecule has 0 radical (unpaired) electrons. The standard InChI is InChI=1S/C17H23NO2/c1-5-7-8-14-11(3)18(4)16-12(6-2)9-13(17(19)20)10-15(14)16/h9-10H,5-8H2,1-4H3,(H,19,20). The Morgan fingerprint density at radius 3 is 2.55 bits per heavy atom. The number of aromatic carboxylic acids is 1. The summed E-state index contributed by atoms with van der Waals surface area (Å²) < 4.78 is 2.21. The molecule has 1 aromatic heterocycles. The van der Waals surface area contributed by atoms with Crippen LogP contribution < -0.4 is 0 Å². The number of fused-ring (bicyclic) bond motifs is 1. The molecule has 108 valence electrons. The van der Waals surface area contributed by atoms with Gasteiger partial charge in [0, 0.05) is 18.1 Å². The normalized spacial score (nSPS) is 11.2. The van der Waals surface area contributed by atoms with Gasteiger partial charge >= 0.3 is 5.97 Å². The molecule has 2 aromatic rings. The first kappa shape index (κ1) is 14.6. The molecule has 0 aliphatic heterocycles. The summed E-state index contributed by atoms with van der Waals surface area (Å²) in [5.41, 5.74) is 5.28. The van der Waals surface area contributed by atoms with Crippen LogP contribution in [0.2, 0.25) is 0 Å². The number of aryl methyl sites for hydroxylation is 3. The summed E-state index contributed by atoms with van der Waals surface area (Å²) in [6.45, 7) is 6.39. The summed E-state index contributed by atoms with van der Waals surface area (Å²) >= 11 is 0. The second-order valence-corrected chi connectivity index (χ2v) is 5.42. The number of benzene rings is 1. The lowest BCUT2D eigenvalue weighted by Gasteiger charge is -2.06. The number of carbonyl (C=O) groups is 1. The summed E-state index contributed by atoms with van der Waals surface area (Å²) in [5, 5.41) is 10.4. The zero-order valence-corrected chi connectivity index (χ0v) is 12.8. The number of unbranched alkanes of at least 4 members (excludes halogenated alkanes) is 1. The minimum absolute atomic E-state index is 0.401. The largest absolute Gasteiger partial charge is 0.478 e. The van der Waals surface area contributed by atoms with Crippen molar-refractivity contribution in [2.45, 2.75) is 46.5 Å². The van der Waals surface area contributed by atoms with Gasteiger partial charge in [0.1, 0.15) is 0 Å². The topological polar surface area (TPSA) is 42.2 Å². The average molecular weight is 273 g/mol. The molecule has 3 nitrogen and oxygen atoms in total. The highest BCUT2D eigenvalue weighted by atomic mass is 16.4. The molecule has 0 atom stereocenters. The van der Waals surface area contributed by atoms with Crippen molar-refractivity contribution in [2.24, 2.45) is 7.05 Å². The van der Waals surface area contributed by atoms with Crippen LogP contribution in [0, 0.1) is 6.92 Å². The van der Waals surface area contributed by atoms with Crippen molar-refractivity contribution in [1.82, 2.24) is 4.57 Å². The van der Waals surface area contributed by atoms with Gasteiger partial charge in [0.15, 0.2) is 0 Å². The van der Waals surface area contributed by atoms with Gasteiger partial charge in [0.05, 0.1) is 11.1 Å². The maximum absolute atomic E-state index is 11.3. The molecule has 20 heavy (non-hydrogen) atoms. The molecule has 2 rings (SSSR count). The fourth-order valence-corrected chi connectivity index (χ4v) is 2.95. The van der Waals surface area contributed by atoms with Gasteiger partial charge in [-0.05, 0) is 49.4 Å². The van der Waals surface area contributed by atoms with Crippen LogP contribution in [0.25, 0.3) is 10.9 Å². The van der Waals surface area contributed by atoms with Crippen molar-refractivity contribution < 1.29 is 9.90 Å². The van der Waals surface area contributed by atoms with E-state index in [-0.39, 0.29) is 0 Å². The van der Waals surface area contributed by atoms with E-state index in [9.17, 15) is 9.90 Å². The minimum atomic E-state index is -0.843. The molecule has 0 unspecified atom stereocenters. The second kappa shape index (κ2) is 5.70. The zero-order chi connectivity index (χ0) is 14.9. The molecular weight excluding hydrogens is 250 g/mol. The van der Waals surface area contributed by atoms with E-state index in [0.29, 0.717) is 5.56 Å². The average Bonchev–Trinajstić information content (AvgIpc) is 2.68. The summed E-state index contributed by atoms with van der Waals surface area (Å²) in [7, 11) is 2.08. The van der Waals surface area contributed by atoms with Crippen LogP contribution in [-0.4, -0.2) is 15.6 Å². The lowest BCUT2D eigenvalue weighted by atomic mass is 9.99. The van der Waals surface area contributed by atoms with Crippen LogP contribution in [0.1, 0.15) is 53.9 Å².